The molecule has 0 bridgehead atoms. The second kappa shape index (κ2) is 10.1. The normalized spacial score (nSPS) is 16.2. The molecule has 1 fully saturated rings. The summed E-state index contributed by atoms with van der Waals surface area (Å²) in [6, 6.07) is 8.16. The van der Waals surface area contributed by atoms with Crippen LogP contribution in [0.1, 0.15) is 36.8 Å². The molecule has 2 N–H and O–H groups in total. The summed E-state index contributed by atoms with van der Waals surface area (Å²) < 4.78 is 102. The first kappa shape index (κ1) is 27.8. The van der Waals surface area contributed by atoms with Gasteiger partial charge in [-0.05, 0) is 72.9 Å². The largest absolute Gasteiger partial charge is 0.490 e. The number of hydrogen-bond donors (Lipinski definition) is 1. The van der Waals surface area contributed by atoms with Crippen LogP contribution in [0.4, 0.5) is 22.0 Å². The van der Waals surface area contributed by atoms with E-state index in [2.05, 4.69) is 0 Å². The third kappa shape index (κ3) is 5.46. The van der Waals surface area contributed by atoms with Crippen LogP contribution < -0.4 is 10.5 Å². The van der Waals surface area contributed by atoms with E-state index >= 15 is 8.78 Å². The number of amides is 1. The van der Waals surface area contributed by atoms with Gasteiger partial charge in [0.05, 0.1) is 16.6 Å². The summed E-state index contributed by atoms with van der Waals surface area (Å²) in [5, 5.41) is 1.15. The smallest absolute Gasteiger partial charge is 0.416 e. The number of ether oxygens (including phenoxy) is 1. The first-order chi connectivity index (χ1) is 17.7. The van der Waals surface area contributed by atoms with E-state index in [4.69, 9.17) is 10.5 Å². The van der Waals surface area contributed by atoms with E-state index in [0.717, 1.165) is 32.7 Å². The van der Waals surface area contributed by atoms with Crippen LogP contribution in [-0.4, -0.2) is 37.8 Å². The Morgan fingerprint density at radius 1 is 0.921 bits per heavy atom. The van der Waals surface area contributed by atoms with Crippen molar-refractivity contribution < 1.29 is 39.9 Å². The van der Waals surface area contributed by atoms with Crippen molar-refractivity contribution >= 4 is 26.7 Å². The predicted molar refractivity (Wildman–Crippen MR) is 130 cm³/mol. The van der Waals surface area contributed by atoms with E-state index in [0.29, 0.717) is 40.8 Å². The average molecular weight is 557 g/mol. The van der Waals surface area contributed by atoms with Gasteiger partial charge in [-0.3, -0.25) is 4.79 Å². The second-order valence-corrected chi connectivity index (χ2v) is 11.2. The van der Waals surface area contributed by atoms with E-state index < -0.39 is 45.2 Å². The zero-order valence-electron chi connectivity index (χ0n) is 20.2. The Bertz CT molecular complexity index is 1440. The number of halogens is 5. The number of benzene rings is 3. The fraction of sp³-hybridized carbons (Fsp3) is 0.346. The van der Waals surface area contributed by atoms with E-state index in [1.54, 1.807) is 18.2 Å². The monoisotopic (exact) mass is 556 g/mol. The highest BCUT2D eigenvalue weighted by Crippen LogP contribution is 2.38. The lowest BCUT2D eigenvalue weighted by Crippen LogP contribution is -2.54. The van der Waals surface area contributed by atoms with Crippen LogP contribution >= 0.6 is 0 Å². The van der Waals surface area contributed by atoms with Crippen LogP contribution in [0.15, 0.2) is 65.6 Å². The Labute approximate surface area is 216 Å². The predicted octanol–water partition coefficient (Wildman–Crippen LogP) is 5.45. The zero-order chi connectivity index (χ0) is 27.9. The number of carbonyl (C=O) groups is 1. The van der Waals surface area contributed by atoms with Crippen LogP contribution in [0.2, 0.25) is 0 Å². The molecule has 6 nitrogen and oxygen atoms in total. The number of hydrogen-bond acceptors (Lipinski definition) is 4. The molecule has 1 saturated carbocycles. The maximum absolute atomic E-state index is 15.4. The Morgan fingerprint density at radius 3 is 2.05 bits per heavy atom. The summed E-state index contributed by atoms with van der Waals surface area (Å²) >= 11 is 0. The van der Waals surface area contributed by atoms with Gasteiger partial charge < -0.3 is 10.5 Å². The molecular formula is C26H25F5N2O4S. The van der Waals surface area contributed by atoms with Gasteiger partial charge in [-0.1, -0.05) is 24.3 Å². The van der Waals surface area contributed by atoms with Gasteiger partial charge in [0.25, 0.3) is 5.92 Å². The molecule has 1 aliphatic rings. The number of alkyl halides is 5. The molecule has 0 aliphatic heterocycles. The van der Waals surface area contributed by atoms with E-state index in [1.165, 1.54) is 18.2 Å². The summed E-state index contributed by atoms with van der Waals surface area (Å²) in [5.41, 5.74) is 3.02. The van der Waals surface area contributed by atoms with Crippen LogP contribution in [0.5, 0.6) is 5.75 Å². The molecule has 0 heterocycles. The minimum atomic E-state index is -4.77. The molecule has 12 heteroatoms. The molecule has 3 aromatic rings. The minimum absolute atomic E-state index is 0.123. The van der Waals surface area contributed by atoms with Gasteiger partial charge in [0, 0.05) is 12.6 Å². The van der Waals surface area contributed by atoms with Crippen molar-refractivity contribution in [3.05, 3.63) is 71.8 Å². The van der Waals surface area contributed by atoms with Crippen molar-refractivity contribution in [3.63, 3.8) is 0 Å². The number of primary amides is 1. The quantitative estimate of drug-likeness (QED) is 0.374. The number of nitrogens with zero attached hydrogens (tertiary/aromatic N) is 1. The summed E-state index contributed by atoms with van der Waals surface area (Å²) in [4.78, 5) is 11.7. The molecule has 0 spiro atoms. The molecule has 0 unspecified atom stereocenters. The highest BCUT2D eigenvalue weighted by atomic mass is 32.2. The summed E-state index contributed by atoms with van der Waals surface area (Å²) in [6.07, 6.45) is -0.539. The number of fused-ring (bicyclic) bond motifs is 1. The molecule has 1 atom stereocenters. The Hall–Kier alpha value is -3.25. The molecule has 0 saturated heterocycles. The molecule has 1 amide bonds. The Balaban J connectivity index is 1.63. The first-order valence-corrected chi connectivity index (χ1v) is 13.2. The number of carbonyl (C=O) groups excluding carboxylic acids is 1. The number of likely N-dealkylation sites (N-methyl/N-ethyl adjacent to an activating group) is 1. The lowest BCUT2D eigenvalue weighted by atomic mass is 9.99. The van der Waals surface area contributed by atoms with Gasteiger partial charge in [-0.2, -0.15) is 26.3 Å². The van der Waals surface area contributed by atoms with Crippen LogP contribution in [0.25, 0.3) is 10.8 Å². The maximum Gasteiger partial charge on any atom is 0.416 e. The minimum Gasteiger partial charge on any atom is -0.490 e. The van der Waals surface area contributed by atoms with Gasteiger partial charge in [0.2, 0.25) is 15.9 Å². The molecule has 204 valence electrons. The highest BCUT2D eigenvalue weighted by molar-refractivity contribution is 7.89. The van der Waals surface area contributed by atoms with Crippen LogP contribution in [0.3, 0.4) is 0 Å². The standard InChI is InChI=1S/C26H25F5N2O4S/c1-33(23(24(32)34)25(27,28)18-8-10-19(11-9-18)26(29,30)31)38(35,36)22-13-7-16-14-21(12-6-17(16)15-22)37-20-4-2-3-5-20/h6-15,20,23H,2-5H2,1H3,(H2,32,34)/t23-/m0/s1. The van der Waals surface area contributed by atoms with Gasteiger partial charge in [-0.15, -0.1) is 0 Å². The fourth-order valence-electron chi connectivity index (χ4n) is 4.56. The lowest BCUT2D eigenvalue weighted by molar-refractivity contribution is -0.139. The number of rotatable bonds is 8. The fourth-order valence-corrected chi connectivity index (χ4v) is 5.93. The SMILES string of the molecule is CN([C@@H](C(N)=O)C(F)(F)c1ccc(C(F)(F)F)cc1)S(=O)(=O)c1ccc2cc(OC3CCCC3)ccc2c1. The molecule has 0 aromatic heterocycles. The lowest BCUT2D eigenvalue weighted by Gasteiger charge is -2.31. The zero-order valence-corrected chi connectivity index (χ0v) is 21.0. The molecule has 4 rings (SSSR count). The van der Waals surface area contributed by atoms with Crippen molar-refractivity contribution in [2.24, 2.45) is 5.73 Å². The Kier molecular flexibility index (Phi) is 7.41. The molecule has 3 aromatic carbocycles. The average Bonchev–Trinajstić information content (AvgIpc) is 3.36. The topological polar surface area (TPSA) is 89.7 Å². The van der Waals surface area contributed by atoms with Crippen molar-refractivity contribution in [3.8, 4) is 5.75 Å². The van der Waals surface area contributed by atoms with Crippen molar-refractivity contribution in [1.29, 1.82) is 0 Å². The summed E-state index contributed by atoms with van der Waals surface area (Å²) in [6.45, 7) is 0. The maximum atomic E-state index is 15.4. The highest BCUT2D eigenvalue weighted by Gasteiger charge is 2.51. The van der Waals surface area contributed by atoms with Crippen molar-refractivity contribution in [1.82, 2.24) is 4.31 Å². The van der Waals surface area contributed by atoms with E-state index in [1.807, 2.05) is 0 Å². The molecule has 0 radical (unpaired) electrons. The van der Waals surface area contributed by atoms with Gasteiger partial charge in [0.15, 0.2) is 6.04 Å². The third-order valence-corrected chi connectivity index (χ3v) is 8.46. The van der Waals surface area contributed by atoms with Gasteiger partial charge >= 0.3 is 6.18 Å². The molecular weight excluding hydrogens is 531 g/mol. The molecule has 1 aliphatic carbocycles. The first-order valence-electron chi connectivity index (χ1n) is 11.7. The van der Waals surface area contributed by atoms with E-state index in [-0.39, 0.29) is 15.3 Å². The summed E-state index contributed by atoms with van der Waals surface area (Å²) in [5.74, 6) is -5.28. The number of sulfonamides is 1. The second-order valence-electron chi connectivity index (χ2n) is 9.22. The van der Waals surface area contributed by atoms with Gasteiger partial charge in [-0.25, -0.2) is 8.42 Å². The summed E-state index contributed by atoms with van der Waals surface area (Å²) in [7, 11) is -3.92. The Morgan fingerprint density at radius 2 is 1.47 bits per heavy atom. The van der Waals surface area contributed by atoms with Crippen LogP contribution in [0, 0.1) is 0 Å². The van der Waals surface area contributed by atoms with Crippen LogP contribution in [-0.2, 0) is 26.9 Å². The third-order valence-electron chi connectivity index (χ3n) is 6.64. The van der Waals surface area contributed by atoms with Crippen molar-refractivity contribution in [2.45, 2.75) is 54.8 Å². The molecule has 38 heavy (non-hydrogen) atoms. The van der Waals surface area contributed by atoms with E-state index in [9.17, 15) is 26.4 Å². The van der Waals surface area contributed by atoms with Gasteiger partial charge in [0.1, 0.15) is 5.75 Å². The van der Waals surface area contributed by atoms with Crippen molar-refractivity contribution in [2.75, 3.05) is 7.05 Å². The number of nitrogens with two attached hydrogens (primary N) is 1.